The van der Waals surface area contributed by atoms with E-state index in [1.54, 1.807) is 0 Å². The normalized spacial score (nSPS) is 12.8. The van der Waals surface area contributed by atoms with E-state index in [1.165, 1.54) is 17.0 Å². The summed E-state index contributed by atoms with van der Waals surface area (Å²) in [5.74, 6) is 0. The first kappa shape index (κ1) is 14.8. The van der Waals surface area contributed by atoms with Gasteiger partial charge < -0.3 is 5.32 Å². The van der Waals surface area contributed by atoms with Gasteiger partial charge in [0, 0.05) is 49.2 Å². The molecule has 5 nitrogen and oxygen atoms in total. The van der Waals surface area contributed by atoms with Crippen molar-refractivity contribution in [2.24, 2.45) is 7.05 Å². The fourth-order valence-electron chi connectivity index (χ4n) is 2.83. The van der Waals surface area contributed by atoms with Crippen molar-refractivity contribution < 1.29 is 0 Å². The van der Waals surface area contributed by atoms with E-state index < -0.39 is 0 Å². The summed E-state index contributed by atoms with van der Waals surface area (Å²) in [5, 5.41) is 12.4. The first-order chi connectivity index (χ1) is 9.54. The predicted octanol–water partition coefficient (Wildman–Crippen LogP) is 2.15. The van der Waals surface area contributed by atoms with Gasteiger partial charge in [-0.1, -0.05) is 6.92 Å². The van der Waals surface area contributed by atoms with Gasteiger partial charge in [0.2, 0.25) is 0 Å². The lowest BCUT2D eigenvalue weighted by Gasteiger charge is -2.13. The Kier molecular flexibility index (Phi) is 4.60. The average molecular weight is 275 g/mol. The van der Waals surface area contributed by atoms with Crippen molar-refractivity contribution in [2.45, 2.75) is 46.7 Å². The van der Waals surface area contributed by atoms with Gasteiger partial charge >= 0.3 is 0 Å². The van der Waals surface area contributed by atoms with Crippen LogP contribution in [0.4, 0.5) is 0 Å². The van der Waals surface area contributed by atoms with Crippen LogP contribution in [-0.2, 0) is 20.0 Å². The first-order valence-electron chi connectivity index (χ1n) is 7.28. The van der Waals surface area contributed by atoms with Crippen molar-refractivity contribution >= 4 is 0 Å². The molecule has 1 unspecified atom stereocenters. The number of hydrogen-bond acceptors (Lipinski definition) is 3. The fourth-order valence-corrected chi connectivity index (χ4v) is 2.83. The maximum absolute atomic E-state index is 4.69. The Morgan fingerprint density at radius 2 is 2.10 bits per heavy atom. The van der Waals surface area contributed by atoms with Gasteiger partial charge in [0.25, 0.3) is 0 Å². The van der Waals surface area contributed by atoms with Gasteiger partial charge in [-0.2, -0.15) is 10.2 Å². The van der Waals surface area contributed by atoms with Crippen molar-refractivity contribution in [3.8, 4) is 0 Å². The maximum atomic E-state index is 4.69. The van der Waals surface area contributed by atoms with Crippen molar-refractivity contribution in [1.82, 2.24) is 24.9 Å². The van der Waals surface area contributed by atoms with E-state index >= 15 is 0 Å². The highest BCUT2D eigenvalue weighted by Gasteiger charge is 2.16. The molecular weight excluding hydrogens is 250 g/mol. The molecule has 110 valence electrons. The Bertz CT molecular complexity index is 567. The van der Waals surface area contributed by atoms with Crippen LogP contribution in [0.25, 0.3) is 0 Å². The molecule has 0 radical (unpaired) electrons. The first-order valence-corrected chi connectivity index (χ1v) is 7.28. The second kappa shape index (κ2) is 6.22. The standard InChI is InChI=1S/C15H25N5/c1-6-16-11(2)15-12(3)18-20(13(15)4)10-8-14-7-9-17-19(14)5/h7,9,11,16H,6,8,10H2,1-5H3. The van der Waals surface area contributed by atoms with E-state index in [0.717, 1.165) is 25.2 Å². The molecular formula is C15H25N5. The average Bonchev–Trinajstić information content (AvgIpc) is 2.91. The Labute approximate surface area is 121 Å². The maximum Gasteiger partial charge on any atom is 0.0644 e. The van der Waals surface area contributed by atoms with E-state index in [0.29, 0.717) is 6.04 Å². The highest BCUT2D eigenvalue weighted by atomic mass is 15.3. The minimum absolute atomic E-state index is 0.352. The lowest BCUT2D eigenvalue weighted by Crippen LogP contribution is -2.19. The predicted molar refractivity (Wildman–Crippen MR) is 80.7 cm³/mol. The van der Waals surface area contributed by atoms with E-state index in [9.17, 15) is 0 Å². The lowest BCUT2D eigenvalue weighted by atomic mass is 10.1. The molecule has 1 N–H and O–H groups in total. The number of aryl methyl sites for hydroxylation is 4. The van der Waals surface area contributed by atoms with Gasteiger partial charge in [0.05, 0.1) is 5.69 Å². The molecule has 0 aliphatic heterocycles. The van der Waals surface area contributed by atoms with Crippen LogP contribution in [0, 0.1) is 13.8 Å². The monoisotopic (exact) mass is 275 g/mol. The van der Waals surface area contributed by atoms with E-state index in [1.807, 2.05) is 17.9 Å². The largest absolute Gasteiger partial charge is 0.310 e. The summed E-state index contributed by atoms with van der Waals surface area (Å²) in [7, 11) is 1.98. The molecule has 0 aliphatic carbocycles. The Balaban J connectivity index is 2.13. The van der Waals surface area contributed by atoms with Crippen molar-refractivity contribution in [2.75, 3.05) is 6.54 Å². The third kappa shape index (κ3) is 2.93. The molecule has 0 aromatic carbocycles. The highest BCUT2D eigenvalue weighted by Crippen LogP contribution is 2.21. The molecule has 0 fully saturated rings. The van der Waals surface area contributed by atoms with Crippen molar-refractivity contribution in [1.29, 1.82) is 0 Å². The zero-order valence-corrected chi connectivity index (χ0v) is 13.1. The summed E-state index contributed by atoms with van der Waals surface area (Å²) < 4.78 is 4.04. The van der Waals surface area contributed by atoms with Crippen molar-refractivity contribution in [3.63, 3.8) is 0 Å². The van der Waals surface area contributed by atoms with E-state index in [2.05, 4.69) is 54.0 Å². The molecule has 0 bridgehead atoms. The zero-order chi connectivity index (χ0) is 14.7. The molecule has 2 aromatic heterocycles. The van der Waals surface area contributed by atoms with Crippen LogP contribution in [0.1, 0.15) is 42.5 Å². The SMILES string of the molecule is CCNC(C)c1c(C)nn(CCc2ccnn2C)c1C. The third-order valence-electron chi connectivity index (χ3n) is 3.88. The number of nitrogens with zero attached hydrogens (tertiary/aromatic N) is 4. The van der Waals surface area contributed by atoms with Crippen LogP contribution in [0.5, 0.6) is 0 Å². The summed E-state index contributed by atoms with van der Waals surface area (Å²) in [6.07, 6.45) is 2.79. The van der Waals surface area contributed by atoms with Gasteiger partial charge in [-0.25, -0.2) is 0 Å². The van der Waals surface area contributed by atoms with Crippen molar-refractivity contribution in [3.05, 3.63) is 34.9 Å². The van der Waals surface area contributed by atoms with Crippen LogP contribution in [0.3, 0.4) is 0 Å². The molecule has 0 spiro atoms. The number of rotatable bonds is 6. The third-order valence-corrected chi connectivity index (χ3v) is 3.88. The van der Waals surface area contributed by atoms with E-state index in [-0.39, 0.29) is 0 Å². The van der Waals surface area contributed by atoms with Gasteiger partial charge in [0.15, 0.2) is 0 Å². The Morgan fingerprint density at radius 3 is 2.70 bits per heavy atom. The summed E-state index contributed by atoms with van der Waals surface area (Å²) in [6, 6.07) is 2.42. The molecule has 0 aliphatic rings. The fraction of sp³-hybridized carbons (Fsp3) is 0.600. The van der Waals surface area contributed by atoms with Crippen LogP contribution < -0.4 is 5.32 Å². The summed E-state index contributed by atoms with van der Waals surface area (Å²) in [4.78, 5) is 0. The summed E-state index contributed by atoms with van der Waals surface area (Å²) >= 11 is 0. The zero-order valence-electron chi connectivity index (χ0n) is 13.1. The van der Waals surface area contributed by atoms with Gasteiger partial charge in [-0.3, -0.25) is 9.36 Å². The molecule has 0 saturated carbocycles. The molecule has 5 heteroatoms. The molecule has 0 amide bonds. The minimum atomic E-state index is 0.352. The second-order valence-corrected chi connectivity index (χ2v) is 5.28. The van der Waals surface area contributed by atoms with E-state index in [4.69, 9.17) is 0 Å². The smallest absolute Gasteiger partial charge is 0.0644 e. The Morgan fingerprint density at radius 1 is 1.35 bits per heavy atom. The number of nitrogens with one attached hydrogen (secondary N) is 1. The second-order valence-electron chi connectivity index (χ2n) is 5.28. The minimum Gasteiger partial charge on any atom is -0.310 e. The number of aromatic nitrogens is 4. The molecule has 2 aromatic rings. The van der Waals surface area contributed by atoms with Crippen LogP contribution in [-0.4, -0.2) is 26.1 Å². The summed E-state index contributed by atoms with van der Waals surface area (Å²) in [5.41, 5.74) is 4.95. The summed E-state index contributed by atoms with van der Waals surface area (Å²) in [6.45, 7) is 10.5. The van der Waals surface area contributed by atoms with Crippen LogP contribution in [0.15, 0.2) is 12.3 Å². The number of hydrogen-bond donors (Lipinski definition) is 1. The van der Waals surface area contributed by atoms with Crippen LogP contribution in [0.2, 0.25) is 0 Å². The molecule has 2 rings (SSSR count). The molecule has 1 atom stereocenters. The lowest BCUT2D eigenvalue weighted by molar-refractivity contribution is 0.563. The quantitative estimate of drug-likeness (QED) is 0.878. The highest BCUT2D eigenvalue weighted by molar-refractivity contribution is 5.27. The van der Waals surface area contributed by atoms with Crippen LogP contribution >= 0.6 is 0 Å². The molecule has 2 heterocycles. The van der Waals surface area contributed by atoms with Gasteiger partial charge in [-0.15, -0.1) is 0 Å². The molecule has 20 heavy (non-hydrogen) atoms. The topological polar surface area (TPSA) is 47.7 Å². The molecule has 0 saturated heterocycles. The van der Waals surface area contributed by atoms with Gasteiger partial charge in [-0.05, 0) is 33.4 Å². The van der Waals surface area contributed by atoms with Gasteiger partial charge in [0.1, 0.15) is 0 Å². The Hall–Kier alpha value is -1.62.